The van der Waals surface area contributed by atoms with Gasteiger partial charge in [-0.25, -0.2) is 4.79 Å². The fraction of sp³-hybridized carbons (Fsp3) is 0.296. The van der Waals surface area contributed by atoms with Crippen molar-refractivity contribution in [3.8, 4) is 22.6 Å². The predicted molar refractivity (Wildman–Crippen MR) is 137 cm³/mol. The zero-order chi connectivity index (χ0) is 26.4. The van der Waals surface area contributed by atoms with Gasteiger partial charge < -0.3 is 29.8 Å². The van der Waals surface area contributed by atoms with Crippen molar-refractivity contribution >= 4 is 17.7 Å². The van der Waals surface area contributed by atoms with Gasteiger partial charge >= 0.3 is 12.0 Å². The van der Waals surface area contributed by atoms with Gasteiger partial charge in [0.1, 0.15) is 11.5 Å². The SMILES string of the molecule is CCOC(=O)C[C@H](NC(=O)Nc1c(O)cc(C)n(C)c1=O)c1ccc(C)c(-c2cccc(OC)c2)c1. The number of nitrogens with one attached hydrogen (secondary N) is 2. The molecule has 1 atom stereocenters. The van der Waals surface area contributed by atoms with Crippen LogP contribution in [0.15, 0.2) is 53.3 Å². The molecule has 2 amide bonds. The van der Waals surface area contributed by atoms with E-state index in [0.29, 0.717) is 17.0 Å². The van der Waals surface area contributed by atoms with Crippen LogP contribution in [0.1, 0.15) is 36.2 Å². The van der Waals surface area contributed by atoms with Gasteiger partial charge in [-0.1, -0.05) is 24.3 Å². The molecule has 0 saturated carbocycles. The van der Waals surface area contributed by atoms with Crippen LogP contribution in [-0.2, 0) is 16.6 Å². The van der Waals surface area contributed by atoms with Gasteiger partial charge in [0.15, 0.2) is 5.69 Å². The van der Waals surface area contributed by atoms with Crippen molar-refractivity contribution in [3.05, 3.63) is 75.7 Å². The Bertz CT molecular complexity index is 1330. The van der Waals surface area contributed by atoms with Gasteiger partial charge in [-0.3, -0.25) is 9.59 Å². The molecular formula is C27H31N3O6. The molecule has 0 spiro atoms. The highest BCUT2D eigenvalue weighted by Gasteiger charge is 2.22. The van der Waals surface area contributed by atoms with Gasteiger partial charge in [-0.05, 0) is 61.2 Å². The van der Waals surface area contributed by atoms with Crippen molar-refractivity contribution in [2.24, 2.45) is 7.05 Å². The highest BCUT2D eigenvalue weighted by atomic mass is 16.5. The first kappa shape index (κ1) is 26.3. The Morgan fingerprint density at radius 3 is 2.56 bits per heavy atom. The van der Waals surface area contributed by atoms with Gasteiger partial charge in [-0.2, -0.15) is 0 Å². The van der Waals surface area contributed by atoms with Crippen molar-refractivity contribution in [1.82, 2.24) is 9.88 Å². The molecule has 0 bridgehead atoms. The second-order valence-corrected chi connectivity index (χ2v) is 8.38. The van der Waals surface area contributed by atoms with Crippen molar-refractivity contribution in [1.29, 1.82) is 0 Å². The first-order valence-corrected chi connectivity index (χ1v) is 11.5. The molecule has 190 valence electrons. The average molecular weight is 494 g/mol. The summed E-state index contributed by atoms with van der Waals surface area (Å²) in [7, 11) is 3.13. The Morgan fingerprint density at radius 1 is 1.11 bits per heavy atom. The molecule has 0 aliphatic carbocycles. The van der Waals surface area contributed by atoms with E-state index < -0.39 is 23.6 Å². The fourth-order valence-corrected chi connectivity index (χ4v) is 3.83. The highest BCUT2D eigenvalue weighted by Crippen LogP contribution is 2.30. The number of carbonyl (C=O) groups excluding carboxylic acids is 2. The van der Waals surface area contributed by atoms with Crippen molar-refractivity contribution in [3.63, 3.8) is 0 Å². The minimum atomic E-state index is -0.759. The van der Waals surface area contributed by atoms with Crippen LogP contribution in [0, 0.1) is 13.8 Å². The largest absolute Gasteiger partial charge is 0.505 e. The first-order valence-electron chi connectivity index (χ1n) is 11.5. The molecule has 0 fully saturated rings. The topological polar surface area (TPSA) is 119 Å². The number of methoxy groups -OCH3 is 1. The maximum atomic E-state index is 12.9. The number of nitrogens with zero attached hydrogens (tertiary/aromatic N) is 1. The van der Waals surface area contributed by atoms with Crippen LogP contribution < -0.4 is 20.9 Å². The van der Waals surface area contributed by atoms with E-state index in [9.17, 15) is 19.5 Å². The molecule has 1 aromatic heterocycles. The number of esters is 1. The van der Waals surface area contributed by atoms with E-state index in [4.69, 9.17) is 9.47 Å². The Kier molecular flexibility index (Phi) is 8.37. The monoisotopic (exact) mass is 493 g/mol. The second kappa shape index (κ2) is 11.4. The molecule has 3 rings (SSSR count). The molecule has 0 aliphatic heterocycles. The molecule has 1 heterocycles. The number of aryl methyl sites for hydroxylation is 2. The summed E-state index contributed by atoms with van der Waals surface area (Å²) in [6, 6.07) is 13.1. The zero-order valence-corrected chi connectivity index (χ0v) is 21.0. The Hall–Kier alpha value is -4.27. The summed E-state index contributed by atoms with van der Waals surface area (Å²) in [6.07, 6.45) is -0.125. The molecule has 0 saturated heterocycles. The van der Waals surface area contributed by atoms with E-state index in [1.54, 1.807) is 21.0 Å². The van der Waals surface area contributed by atoms with Crippen LogP contribution >= 0.6 is 0 Å². The summed E-state index contributed by atoms with van der Waals surface area (Å²) in [5.41, 5.74) is 3.22. The number of carbonyl (C=O) groups is 2. The van der Waals surface area contributed by atoms with Crippen LogP contribution in [0.3, 0.4) is 0 Å². The molecule has 2 aromatic carbocycles. The number of urea groups is 1. The lowest BCUT2D eigenvalue weighted by Gasteiger charge is -2.21. The molecule has 3 aromatic rings. The normalized spacial score (nSPS) is 11.5. The summed E-state index contributed by atoms with van der Waals surface area (Å²) < 4.78 is 11.8. The maximum Gasteiger partial charge on any atom is 0.319 e. The third-order valence-corrected chi connectivity index (χ3v) is 5.91. The molecule has 36 heavy (non-hydrogen) atoms. The number of pyridine rings is 1. The van der Waals surface area contributed by atoms with Crippen LogP contribution in [0.4, 0.5) is 10.5 Å². The van der Waals surface area contributed by atoms with Crippen LogP contribution in [0.25, 0.3) is 11.1 Å². The quantitative estimate of drug-likeness (QED) is 0.405. The van der Waals surface area contributed by atoms with Crippen molar-refractivity contribution < 1.29 is 24.2 Å². The summed E-state index contributed by atoms with van der Waals surface area (Å²) in [6.45, 7) is 5.54. The standard InChI is InChI=1S/C27H31N3O6/c1-6-36-24(32)15-22(28-27(34)29-25-23(31)12-17(3)30(4)26(25)33)19-11-10-16(2)21(14-19)18-8-7-9-20(13-18)35-5/h7-14,22,31H,6,15H2,1-5H3,(H2,28,29,34)/t22-/m0/s1. The van der Waals surface area contributed by atoms with Gasteiger partial charge in [0, 0.05) is 18.8 Å². The number of aromatic hydroxyl groups is 1. The molecule has 0 radical (unpaired) electrons. The number of rotatable bonds is 8. The average Bonchev–Trinajstić information content (AvgIpc) is 2.85. The van der Waals surface area contributed by atoms with E-state index in [1.807, 2.05) is 49.4 Å². The number of ether oxygens (including phenoxy) is 2. The van der Waals surface area contributed by atoms with E-state index in [1.165, 1.54) is 17.7 Å². The lowest BCUT2D eigenvalue weighted by molar-refractivity contribution is -0.143. The highest BCUT2D eigenvalue weighted by molar-refractivity contribution is 5.91. The number of hydrogen-bond acceptors (Lipinski definition) is 6. The second-order valence-electron chi connectivity index (χ2n) is 8.38. The van der Waals surface area contributed by atoms with Gasteiger partial charge in [0.05, 0.1) is 26.2 Å². The van der Waals surface area contributed by atoms with Crippen molar-refractivity contribution in [2.45, 2.75) is 33.2 Å². The van der Waals surface area contributed by atoms with Crippen LogP contribution in [0.5, 0.6) is 11.5 Å². The number of benzene rings is 2. The van der Waals surface area contributed by atoms with E-state index in [-0.39, 0.29) is 24.5 Å². The van der Waals surface area contributed by atoms with Crippen LogP contribution in [-0.4, -0.2) is 35.4 Å². The third-order valence-electron chi connectivity index (χ3n) is 5.91. The lowest BCUT2D eigenvalue weighted by Crippen LogP contribution is -2.36. The number of amides is 2. The molecule has 9 nitrogen and oxygen atoms in total. The van der Waals surface area contributed by atoms with E-state index >= 15 is 0 Å². The summed E-state index contributed by atoms with van der Waals surface area (Å²) >= 11 is 0. The van der Waals surface area contributed by atoms with Crippen LogP contribution in [0.2, 0.25) is 0 Å². The number of anilines is 1. The molecule has 0 aliphatic rings. The first-order chi connectivity index (χ1) is 17.1. The summed E-state index contributed by atoms with van der Waals surface area (Å²) in [5.74, 6) is -0.124. The van der Waals surface area contributed by atoms with E-state index in [0.717, 1.165) is 16.7 Å². The Labute approximate surface area is 209 Å². The molecule has 3 N–H and O–H groups in total. The lowest BCUT2D eigenvalue weighted by atomic mass is 9.94. The molecule has 9 heteroatoms. The minimum absolute atomic E-state index is 0.125. The van der Waals surface area contributed by atoms with E-state index in [2.05, 4.69) is 10.6 Å². The maximum absolute atomic E-state index is 12.9. The molecular weight excluding hydrogens is 462 g/mol. The van der Waals surface area contributed by atoms with Gasteiger partial charge in [0.2, 0.25) is 0 Å². The van der Waals surface area contributed by atoms with Crippen molar-refractivity contribution in [2.75, 3.05) is 19.0 Å². The number of aromatic nitrogens is 1. The summed E-state index contributed by atoms with van der Waals surface area (Å²) in [4.78, 5) is 37.8. The minimum Gasteiger partial charge on any atom is -0.505 e. The smallest absolute Gasteiger partial charge is 0.319 e. The van der Waals surface area contributed by atoms with Gasteiger partial charge in [-0.15, -0.1) is 0 Å². The fourth-order valence-electron chi connectivity index (χ4n) is 3.83. The zero-order valence-electron chi connectivity index (χ0n) is 21.0. The third kappa shape index (κ3) is 6.04. The van der Waals surface area contributed by atoms with Gasteiger partial charge in [0.25, 0.3) is 5.56 Å². The Morgan fingerprint density at radius 2 is 1.86 bits per heavy atom. The Balaban J connectivity index is 1.94. The summed E-state index contributed by atoms with van der Waals surface area (Å²) in [5, 5.41) is 15.4. The molecule has 0 unspecified atom stereocenters. The predicted octanol–water partition coefficient (Wildman–Crippen LogP) is 4.20. The number of hydrogen-bond donors (Lipinski definition) is 3.